The maximum Gasteiger partial charge on any atom is 0.330 e. The van der Waals surface area contributed by atoms with Gasteiger partial charge in [0.15, 0.2) is 11.2 Å². The fourth-order valence-corrected chi connectivity index (χ4v) is 3.69. The lowest BCUT2D eigenvalue weighted by Crippen LogP contribution is -2.44. The number of aromatic nitrogens is 4. The lowest BCUT2D eigenvalue weighted by atomic mass is 10.3. The van der Waals surface area contributed by atoms with Crippen molar-refractivity contribution in [1.29, 1.82) is 0 Å². The van der Waals surface area contributed by atoms with Gasteiger partial charge in [0.05, 0.1) is 17.3 Å². The molecule has 3 heterocycles. The number of rotatable bonds is 4. The molecule has 0 aliphatic carbocycles. The van der Waals surface area contributed by atoms with Crippen LogP contribution in [0.5, 0.6) is 0 Å². The molecule has 1 aliphatic rings. The molecule has 1 unspecified atom stereocenters. The summed E-state index contributed by atoms with van der Waals surface area (Å²) in [7, 11) is 0. The number of alkyl halides is 1. The summed E-state index contributed by atoms with van der Waals surface area (Å²) < 4.78 is 16.5. The SMILES string of the molecule is CC(F)Cn1c(=O)[nH]c(=O)c2c1nc(N1CCNCC1)n2-c1ccccc1Cl. The minimum atomic E-state index is -1.28. The van der Waals surface area contributed by atoms with E-state index in [0.717, 1.165) is 13.1 Å². The first-order valence-corrected chi connectivity index (χ1v) is 9.45. The highest BCUT2D eigenvalue weighted by atomic mass is 35.5. The highest BCUT2D eigenvalue weighted by molar-refractivity contribution is 6.32. The van der Waals surface area contributed by atoms with E-state index in [0.29, 0.717) is 29.7 Å². The maximum atomic E-state index is 13.7. The number of anilines is 1. The van der Waals surface area contributed by atoms with E-state index >= 15 is 0 Å². The minimum absolute atomic E-state index is 0.145. The van der Waals surface area contributed by atoms with Crippen LogP contribution in [0.4, 0.5) is 10.3 Å². The summed E-state index contributed by atoms with van der Waals surface area (Å²) in [4.78, 5) is 34.0. The molecule has 4 rings (SSSR count). The summed E-state index contributed by atoms with van der Waals surface area (Å²) in [6.45, 7) is 4.02. The Morgan fingerprint density at radius 1 is 1.25 bits per heavy atom. The van der Waals surface area contributed by atoms with Gasteiger partial charge >= 0.3 is 5.69 Å². The number of nitrogens with zero attached hydrogens (tertiary/aromatic N) is 4. The molecule has 3 aromatic rings. The van der Waals surface area contributed by atoms with Crippen molar-refractivity contribution in [1.82, 2.24) is 24.4 Å². The number of para-hydroxylation sites is 1. The van der Waals surface area contributed by atoms with Crippen molar-refractivity contribution in [3.63, 3.8) is 0 Å². The molecule has 28 heavy (non-hydrogen) atoms. The van der Waals surface area contributed by atoms with Crippen molar-refractivity contribution >= 4 is 28.7 Å². The zero-order valence-electron chi connectivity index (χ0n) is 15.3. The van der Waals surface area contributed by atoms with Gasteiger partial charge in [0.2, 0.25) is 5.95 Å². The van der Waals surface area contributed by atoms with Gasteiger partial charge in [-0.05, 0) is 19.1 Å². The van der Waals surface area contributed by atoms with Gasteiger partial charge in [-0.2, -0.15) is 4.98 Å². The molecule has 0 bridgehead atoms. The molecule has 1 aliphatic heterocycles. The summed E-state index contributed by atoms with van der Waals surface area (Å²) >= 11 is 6.41. The minimum Gasteiger partial charge on any atom is -0.339 e. The Morgan fingerprint density at radius 2 is 1.96 bits per heavy atom. The van der Waals surface area contributed by atoms with Crippen molar-refractivity contribution < 1.29 is 4.39 Å². The van der Waals surface area contributed by atoms with Crippen molar-refractivity contribution in [2.45, 2.75) is 19.6 Å². The van der Waals surface area contributed by atoms with E-state index in [9.17, 15) is 14.0 Å². The molecule has 0 amide bonds. The van der Waals surface area contributed by atoms with Crippen LogP contribution in [0.1, 0.15) is 6.92 Å². The molecule has 2 N–H and O–H groups in total. The third-order valence-corrected chi connectivity index (χ3v) is 5.02. The third-order valence-electron chi connectivity index (χ3n) is 4.71. The molecular weight excluding hydrogens is 387 g/mol. The average Bonchev–Trinajstić information content (AvgIpc) is 3.07. The van der Waals surface area contributed by atoms with Gasteiger partial charge in [-0.1, -0.05) is 23.7 Å². The largest absolute Gasteiger partial charge is 0.339 e. The standard InChI is InChI=1S/C18H20ClFN6O2/c1-11(20)10-25-15-14(16(27)23-18(25)28)26(13-5-3-2-4-12(13)19)17(22-15)24-8-6-21-7-9-24/h2-5,11,21H,6-10H2,1H3,(H,23,27,28). The first-order valence-electron chi connectivity index (χ1n) is 9.07. The topological polar surface area (TPSA) is 87.9 Å². The Kier molecular flexibility index (Phi) is 4.94. The molecule has 148 valence electrons. The molecule has 10 heteroatoms. The van der Waals surface area contributed by atoms with Gasteiger partial charge < -0.3 is 10.2 Å². The second kappa shape index (κ2) is 7.40. The van der Waals surface area contributed by atoms with Crippen LogP contribution in [-0.2, 0) is 6.54 Å². The third kappa shape index (κ3) is 3.20. The average molecular weight is 407 g/mol. The zero-order valence-corrected chi connectivity index (χ0v) is 16.0. The quantitative estimate of drug-likeness (QED) is 0.681. The predicted molar refractivity (Wildman–Crippen MR) is 107 cm³/mol. The monoisotopic (exact) mass is 406 g/mol. The Labute approximate surface area is 164 Å². The molecule has 1 saturated heterocycles. The molecular formula is C18H20ClFN6O2. The number of imidazole rings is 1. The Bertz CT molecular complexity index is 1130. The maximum absolute atomic E-state index is 13.7. The van der Waals surface area contributed by atoms with E-state index in [2.05, 4.69) is 15.3 Å². The summed E-state index contributed by atoms with van der Waals surface area (Å²) in [6.07, 6.45) is -1.28. The summed E-state index contributed by atoms with van der Waals surface area (Å²) in [5.41, 5.74) is -0.382. The van der Waals surface area contributed by atoms with Crippen LogP contribution in [0.25, 0.3) is 16.9 Å². The molecule has 1 atom stereocenters. The van der Waals surface area contributed by atoms with Crippen molar-refractivity contribution in [3.05, 3.63) is 50.1 Å². The fourth-order valence-electron chi connectivity index (χ4n) is 3.47. The number of halogens is 2. The van der Waals surface area contributed by atoms with Crippen LogP contribution < -0.4 is 21.5 Å². The first-order chi connectivity index (χ1) is 13.5. The second-order valence-corrected chi connectivity index (χ2v) is 7.17. The van der Waals surface area contributed by atoms with Crippen molar-refractivity contribution in [2.75, 3.05) is 31.1 Å². The van der Waals surface area contributed by atoms with Crippen molar-refractivity contribution in [3.8, 4) is 5.69 Å². The Morgan fingerprint density at radius 3 is 2.64 bits per heavy atom. The molecule has 1 aromatic carbocycles. The fraction of sp³-hybridized carbons (Fsp3) is 0.389. The number of benzene rings is 1. The number of aromatic amines is 1. The molecule has 0 radical (unpaired) electrons. The van der Waals surface area contributed by atoms with Crippen molar-refractivity contribution in [2.24, 2.45) is 0 Å². The highest BCUT2D eigenvalue weighted by Gasteiger charge is 2.25. The van der Waals surface area contributed by atoms with E-state index in [1.165, 1.54) is 11.5 Å². The van der Waals surface area contributed by atoms with Gasteiger partial charge in [-0.3, -0.25) is 18.9 Å². The number of hydrogen-bond donors (Lipinski definition) is 2. The van der Waals surface area contributed by atoms with Gasteiger partial charge in [0.25, 0.3) is 5.56 Å². The van der Waals surface area contributed by atoms with Gasteiger partial charge in [0.1, 0.15) is 6.17 Å². The molecule has 1 fully saturated rings. The van der Waals surface area contributed by atoms with Crippen LogP contribution in [0, 0.1) is 0 Å². The number of fused-ring (bicyclic) bond motifs is 1. The van der Waals surface area contributed by atoms with Gasteiger partial charge in [0, 0.05) is 26.2 Å². The summed E-state index contributed by atoms with van der Waals surface area (Å²) in [5, 5.41) is 3.71. The number of H-pyrrole nitrogens is 1. The zero-order chi connectivity index (χ0) is 19.8. The Balaban J connectivity index is 2.08. The van der Waals surface area contributed by atoms with Crippen LogP contribution in [0.3, 0.4) is 0 Å². The van der Waals surface area contributed by atoms with Crippen LogP contribution >= 0.6 is 11.6 Å². The summed E-state index contributed by atoms with van der Waals surface area (Å²) in [5.74, 6) is 0.501. The molecule has 0 saturated carbocycles. The molecule has 2 aromatic heterocycles. The van der Waals surface area contributed by atoms with E-state index < -0.39 is 17.4 Å². The van der Waals surface area contributed by atoms with Gasteiger partial charge in [-0.25, -0.2) is 9.18 Å². The molecule has 8 nitrogen and oxygen atoms in total. The predicted octanol–water partition coefficient (Wildman–Crippen LogP) is 1.30. The van der Waals surface area contributed by atoms with Gasteiger partial charge in [-0.15, -0.1) is 0 Å². The van der Waals surface area contributed by atoms with E-state index in [1.54, 1.807) is 22.8 Å². The smallest absolute Gasteiger partial charge is 0.330 e. The number of hydrogen-bond acceptors (Lipinski definition) is 5. The Hall–Kier alpha value is -2.65. The van der Waals surface area contributed by atoms with E-state index in [1.807, 2.05) is 11.0 Å². The van der Waals surface area contributed by atoms with Crippen LogP contribution in [0.15, 0.2) is 33.9 Å². The van der Waals surface area contributed by atoms with Crippen LogP contribution in [-0.4, -0.2) is 51.5 Å². The van der Waals surface area contributed by atoms with E-state index in [-0.39, 0.29) is 17.7 Å². The first kappa shape index (κ1) is 18.7. The lowest BCUT2D eigenvalue weighted by Gasteiger charge is -2.28. The summed E-state index contributed by atoms with van der Waals surface area (Å²) in [6, 6.07) is 7.10. The normalized spacial score (nSPS) is 15.9. The van der Waals surface area contributed by atoms with E-state index in [4.69, 9.17) is 11.6 Å². The lowest BCUT2D eigenvalue weighted by molar-refractivity contribution is 0.319. The number of nitrogens with one attached hydrogen (secondary N) is 2. The molecule has 0 spiro atoms. The van der Waals surface area contributed by atoms with Crippen LogP contribution in [0.2, 0.25) is 5.02 Å². The second-order valence-electron chi connectivity index (χ2n) is 6.76. The number of piperazine rings is 1. The highest BCUT2D eigenvalue weighted by Crippen LogP contribution is 2.29.